The number of amides is 2. The Morgan fingerprint density at radius 2 is 1.60 bits per heavy atom. The van der Waals surface area contributed by atoms with E-state index in [1.807, 2.05) is 12.1 Å². The number of benzene rings is 3. The molecule has 1 aromatic heterocycles. The number of aromatic nitrogens is 3. The van der Waals surface area contributed by atoms with E-state index >= 15 is 0 Å². The highest BCUT2D eigenvalue weighted by Gasteiger charge is 2.45. The number of ether oxygens (including phenoxy) is 1. The van der Waals surface area contributed by atoms with Crippen molar-refractivity contribution >= 4 is 52.8 Å². The molecule has 0 bridgehead atoms. The van der Waals surface area contributed by atoms with Gasteiger partial charge in [-0.15, -0.1) is 0 Å². The molecule has 2 amide bonds. The molecule has 0 aliphatic heterocycles. The average molecular weight is 744 g/mol. The van der Waals surface area contributed by atoms with Gasteiger partial charge in [-0.25, -0.2) is 9.18 Å². The summed E-state index contributed by atoms with van der Waals surface area (Å²) in [5.74, 6) is -4.99. The highest BCUT2D eigenvalue weighted by Crippen LogP contribution is 2.48. The Labute approximate surface area is 298 Å². The number of halogens is 5. The van der Waals surface area contributed by atoms with E-state index < -0.39 is 66.2 Å². The highest BCUT2D eigenvalue weighted by atomic mass is 35.5. The first-order valence-corrected chi connectivity index (χ1v) is 16.0. The zero-order valence-electron chi connectivity index (χ0n) is 27.0. The number of carbonyl (C=O) groups excluding carboxylic acids is 3. The molecule has 0 radical (unpaired) electrons. The SMILES string of the molecule is O=C(Cc1ccccc1F)C(=O)NCC[C@H](NC(=O)c1ccc(Nc2nc(NC3(c4ccc(Cl)cc4)CC3)nc(OCC(F)(F)F)n2)cc1)C(=O)O. The standard InChI is InChI=1S/C34H30ClF4N7O6/c35-22-9-7-21(8-10-22)33(14-15-33)46-31-43-30(44-32(45-31)52-18-34(37,38)39)41-23-11-5-19(6-12-23)27(48)42-25(29(50)51)13-16-40-28(49)26(47)17-20-3-1-2-4-24(20)36/h1-12,25H,13-18H2,(H,40,49)(H,42,48)(H,50,51)(H2,41,43,44,45,46)/t25-/m0/s1. The van der Waals surface area contributed by atoms with E-state index in [4.69, 9.17) is 16.3 Å². The molecule has 5 rings (SSSR count). The molecule has 0 saturated heterocycles. The van der Waals surface area contributed by atoms with Crippen molar-refractivity contribution in [2.75, 3.05) is 23.8 Å². The Kier molecular flexibility index (Phi) is 11.5. The van der Waals surface area contributed by atoms with Crippen molar-refractivity contribution in [3.8, 4) is 6.01 Å². The predicted octanol–water partition coefficient (Wildman–Crippen LogP) is 4.95. The minimum Gasteiger partial charge on any atom is -0.480 e. The molecular formula is C34H30ClF4N7O6. The van der Waals surface area contributed by atoms with E-state index in [1.54, 1.807) is 12.1 Å². The minimum absolute atomic E-state index is 0.0334. The number of alkyl halides is 3. The fraction of sp³-hybridized carbons (Fsp3) is 0.265. The lowest BCUT2D eigenvalue weighted by Crippen LogP contribution is -2.43. The molecule has 1 heterocycles. The van der Waals surface area contributed by atoms with Crippen LogP contribution in [-0.4, -0.2) is 69.0 Å². The van der Waals surface area contributed by atoms with Gasteiger partial charge in [-0.2, -0.15) is 28.1 Å². The van der Waals surface area contributed by atoms with Gasteiger partial charge >= 0.3 is 18.2 Å². The van der Waals surface area contributed by atoms with Gasteiger partial charge in [0.15, 0.2) is 6.61 Å². The lowest BCUT2D eigenvalue weighted by Gasteiger charge is -2.19. The molecule has 1 fully saturated rings. The summed E-state index contributed by atoms with van der Waals surface area (Å²) in [4.78, 5) is 61.2. The highest BCUT2D eigenvalue weighted by molar-refractivity contribution is 6.36. The van der Waals surface area contributed by atoms with Gasteiger partial charge in [0.1, 0.15) is 11.9 Å². The van der Waals surface area contributed by atoms with Crippen LogP contribution in [0, 0.1) is 5.82 Å². The van der Waals surface area contributed by atoms with Crippen LogP contribution in [0.25, 0.3) is 0 Å². The van der Waals surface area contributed by atoms with E-state index in [0.29, 0.717) is 23.6 Å². The molecular weight excluding hydrogens is 714 g/mol. The molecule has 3 aromatic carbocycles. The van der Waals surface area contributed by atoms with Gasteiger partial charge in [-0.1, -0.05) is 41.9 Å². The second-order valence-electron chi connectivity index (χ2n) is 11.7. The topological polar surface area (TPSA) is 185 Å². The number of nitrogens with zero attached hydrogens (tertiary/aromatic N) is 3. The molecule has 5 N–H and O–H groups in total. The molecule has 1 aliphatic rings. The monoisotopic (exact) mass is 743 g/mol. The fourth-order valence-electron chi connectivity index (χ4n) is 4.93. The van der Waals surface area contributed by atoms with Gasteiger partial charge in [-0.3, -0.25) is 14.4 Å². The van der Waals surface area contributed by atoms with Gasteiger partial charge in [0.2, 0.25) is 17.7 Å². The summed E-state index contributed by atoms with van der Waals surface area (Å²) in [5.41, 5.74) is 0.698. The number of nitrogens with one attached hydrogen (secondary N) is 4. The molecule has 272 valence electrons. The number of hydrogen-bond donors (Lipinski definition) is 5. The summed E-state index contributed by atoms with van der Waals surface area (Å²) in [6.07, 6.45) is -4.01. The maximum absolute atomic E-state index is 13.8. The molecule has 1 saturated carbocycles. The Morgan fingerprint density at radius 3 is 2.23 bits per heavy atom. The van der Waals surface area contributed by atoms with Gasteiger partial charge < -0.3 is 31.1 Å². The maximum atomic E-state index is 13.8. The van der Waals surface area contributed by atoms with Crippen LogP contribution >= 0.6 is 11.6 Å². The molecule has 1 atom stereocenters. The lowest BCUT2D eigenvalue weighted by atomic mass is 10.1. The van der Waals surface area contributed by atoms with Crippen molar-refractivity contribution in [3.63, 3.8) is 0 Å². The number of carboxylic acid groups (broad SMARTS) is 1. The van der Waals surface area contributed by atoms with Crippen LogP contribution in [-0.2, 0) is 26.3 Å². The van der Waals surface area contributed by atoms with Crippen LogP contribution in [0.1, 0.15) is 40.7 Å². The normalized spacial score (nSPS) is 13.7. The van der Waals surface area contributed by atoms with E-state index in [-0.39, 0.29) is 36.0 Å². The number of carbonyl (C=O) groups is 4. The largest absolute Gasteiger partial charge is 0.480 e. The number of carboxylic acids is 1. The average Bonchev–Trinajstić information content (AvgIpc) is 3.88. The summed E-state index contributed by atoms with van der Waals surface area (Å²) in [7, 11) is 0. The molecule has 4 aromatic rings. The summed E-state index contributed by atoms with van der Waals surface area (Å²) in [6, 6.07) is 16.0. The first kappa shape index (κ1) is 37.4. The third-order valence-electron chi connectivity index (χ3n) is 7.77. The number of ketones is 1. The molecule has 0 spiro atoms. The summed E-state index contributed by atoms with van der Waals surface area (Å²) in [5, 5.41) is 20.7. The van der Waals surface area contributed by atoms with Crippen LogP contribution in [0.4, 0.5) is 35.1 Å². The molecule has 13 nitrogen and oxygen atoms in total. The summed E-state index contributed by atoms with van der Waals surface area (Å²) in [6.45, 7) is -1.92. The Hall–Kier alpha value is -5.84. The van der Waals surface area contributed by atoms with Crippen molar-refractivity contribution in [2.24, 2.45) is 0 Å². The van der Waals surface area contributed by atoms with Gasteiger partial charge in [-0.05, 0) is 72.9 Å². The third kappa shape index (κ3) is 10.3. The van der Waals surface area contributed by atoms with Crippen molar-refractivity contribution in [1.29, 1.82) is 0 Å². The Morgan fingerprint density at radius 1 is 0.923 bits per heavy atom. The van der Waals surface area contributed by atoms with Crippen molar-refractivity contribution in [3.05, 3.63) is 100 Å². The first-order chi connectivity index (χ1) is 24.7. The minimum atomic E-state index is -4.65. The smallest absolute Gasteiger partial charge is 0.422 e. The number of aliphatic carboxylic acids is 1. The zero-order valence-corrected chi connectivity index (χ0v) is 27.7. The van der Waals surface area contributed by atoms with E-state index in [0.717, 1.165) is 11.6 Å². The molecule has 1 aliphatic carbocycles. The molecule has 52 heavy (non-hydrogen) atoms. The first-order valence-electron chi connectivity index (χ1n) is 15.6. The maximum Gasteiger partial charge on any atom is 0.422 e. The van der Waals surface area contributed by atoms with E-state index in [1.165, 1.54) is 42.5 Å². The quantitative estimate of drug-likeness (QED) is 0.0773. The zero-order chi connectivity index (χ0) is 37.5. The number of anilines is 3. The van der Waals surface area contributed by atoms with Crippen LogP contribution < -0.4 is 26.0 Å². The predicted molar refractivity (Wildman–Crippen MR) is 179 cm³/mol. The third-order valence-corrected chi connectivity index (χ3v) is 8.02. The number of hydrogen-bond acceptors (Lipinski definition) is 10. The van der Waals surface area contributed by atoms with E-state index in [2.05, 4.69) is 36.2 Å². The van der Waals surface area contributed by atoms with Gasteiger partial charge in [0.25, 0.3) is 11.8 Å². The van der Waals surface area contributed by atoms with Crippen LogP contribution in [0.3, 0.4) is 0 Å². The van der Waals surface area contributed by atoms with E-state index in [9.17, 15) is 41.8 Å². The van der Waals surface area contributed by atoms with Gasteiger partial charge in [0, 0.05) is 29.2 Å². The summed E-state index contributed by atoms with van der Waals surface area (Å²) < 4.78 is 57.3. The van der Waals surface area contributed by atoms with Crippen molar-refractivity contribution in [1.82, 2.24) is 25.6 Å². The number of rotatable bonds is 16. The second kappa shape index (κ2) is 16.0. The van der Waals surface area contributed by atoms with Crippen LogP contribution in [0.5, 0.6) is 6.01 Å². The number of Topliss-reactive ketones (excluding diaryl/α,β-unsaturated/α-hetero) is 1. The van der Waals surface area contributed by atoms with Crippen LogP contribution in [0.15, 0.2) is 72.8 Å². The molecule has 0 unspecified atom stereocenters. The Balaban J connectivity index is 1.20. The second-order valence-corrected chi connectivity index (χ2v) is 12.1. The van der Waals surface area contributed by atoms with Crippen molar-refractivity contribution in [2.45, 2.75) is 43.4 Å². The van der Waals surface area contributed by atoms with Crippen molar-refractivity contribution < 1.29 is 46.6 Å². The van der Waals surface area contributed by atoms with Crippen LogP contribution in [0.2, 0.25) is 5.02 Å². The van der Waals surface area contributed by atoms with Gasteiger partial charge in [0.05, 0.1) is 5.54 Å². The Bertz CT molecular complexity index is 1940. The fourth-order valence-corrected chi connectivity index (χ4v) is 5.06. The lowest BCUT2D eigenvalue weighted by molar-refractivity contribution is -0.154. The molecule has 18 heteroatoms. The summed E-state index contributed by atoms with van der Waals surface area (Å²) >= 11 is 6.01.